The van der Waals surface area contributed by atoms with Crippen LogP contribution in [0.4, 0.5) is 0 Å². The Morgan fingerprint density at radius 2 is 2.06 bits per heavy atom. The van der Waals surface area contributed by atoms with E-state index in [0.29, 0.717) is 17.5 Å². The zero-order chi connectivity index (χ0) is 13.3. The average molecular weight is 253 g/mol. The first-order valence-corrected chi connectivity index (χ1v) is 7.37. The van der Waals surface area contributed by atoms with Gasteiger partial charge in [-0.2, -0.15) is 0 Å². The molecule has 1 aliphatic carbocycles. The second kappa shape index (κ2) is 5.20. The summed E-state index contributed by atoms with van der Waals surface area (Å²) in [6.07, 6.45) is 6.89. The molecule has 2 fully saturated rings. The second-order valence-corrected chi connectivity index (χ2v) is 7.06. The van der Waals surface area contributed by atoms with Crippen molar-refractivity contribution in [1.29, 1.82) is 0 Å². The molecule has 1 aliphatic heterocycles. The molecule has 0 amide bonds. The van der Waals surface area contributed by atoms with Crippen molar-refractivity contribution in [3.8, 4) is 0 Å². The van der Waals surface area contributed by atoms with Crippen LogP contribution in [-0.4, -0.2) is 34.6 Å². The van der Waals surface area contributed by atoms with Crippen molar-refractivity contribution in [3.05, 3.63) is 0 Å². The van der Waals surface area contributed by atoms with Gasteiger partial charge < -0.3 is 5.11 Å². The van der Waals surface area contributed by atoms with E-state index in [0.717, 1.165) is 19.4 Å². The van der Waals surface area contributed by atoms with Gasteiger partial charge in [0.05, 0.1) is 5.92 Å². The number of hydrogen-bond donors (Lipinski definition) is 1. The molecule has 3 heteroatoms. The van der Waals surface area contributed by atoms with Crippen LogP contribution in [0.5, 0.6) is 0 Å². The largest absolute Gasteiger partial charge is 0.481 e. The van der Waals surface area contributed by atoms with E-state index < -0.39 is 5.97 Å². The monoisotopic (exact) mass is 253 g/mol. The van der Waals surface area contributed by atoms with Gasteiger partial charge in [0.25, 0.3) is 0 Å². The maximum atomic E-state index is 11.1. The van der Waals surface area contributed by atoms with Crippen LogP contribution in [0.15, 0.2) is 0 Å². The summed E-state index contributed by atoms with van der Waals surface area (Å²) in [4.78, 5) is 13.7. The first kappa shape index (κ1) is 13.9. The standard InChI is InChI=1S/C15H27NO2/c1-11-9-12(14(17)18)6-8-16(11)13-5-4-7-15(2,3)10-13/h11-13H,4-10H2,1-3H3,(H,17,18). The smallest absolute Gasteiger partial charge is 0.306 e. The van der Waals surface area contributed by atoms with E-state index in [4.69, 9.17) is 5.11 Å². The normalized spacial score (nSPS) is 37.4. The van der Waals surface area contributed by atoms with E-state index in [1.807, 2.05) is 0 Å². The Labute approximate surface area is 111 Å². The molecule has 0 spiro atoms. The Kier molecular flexibility index (Phi) is 4.00. The SMILES string of the molecule is CC1CC(C(=O)O)CCN1C1CCCC(C)(C)C1. The van der Waals surface area contributed by atoms with Crippen LogP contribution in [0, 0.1) is 11.3 Å². The van der Waals surface area contributed by atoms with Gasteiger partial charge >= 0.3 is 5.97 Å². The summed E-state index contributed by atoms with van der Waals surface area (Å²) in [5, 5.41) is 9.12. The number of likely N-dealkylation sites (tertiary alicyclic amines) is 1. The number of rotatable bonds is 2. The van der Waals surface area contributed by atoms with Gasteiger partial charge in [-0.05, 0) is 51.0 Å². The van der Waals surface area contributed by atoms with Crippen LogP contribution in [0.1, 0.15) is 59.3 Å². The zero-order valence-corrected chi connectivity index (χ0v) is 12.0. The highest BCUT2D eigenvalue weighted by Crippen LogP contribution is 2.39. The van der Waals surface area contributed by atoms with Gasteiger partial charge in [-0.25, -0.2) is 0 Å². The van der Waals surface area contributed by atoms with E-state index in [-0.39, 0.29) is 5.92 Å². The first-order valence-electron chi connectivity index (χ1n) is 7.37. The number of nitrogens with zero attached hydrogens (tertiary/aromatic N) is 1. The molecule has 18 heavy (non-hydrogen) atoms. The van der Waals surface area contributed by atoms with Gasteiger partial charge in [-0.3, -0.25) is 9.69 Å². The van der Waals surface area contributed by atoms with Crippen molar-refractivity contribution < 1.29 is 9.90 Å². The first-order chi connectivity index (χ1) is 8.39. The molecule has 2 aliphatic rings. The van der Waals surface area contributed by atoms with Crippen LogP contribution in [0.2, 0.25) is 0 Å². The maximum absolute atomic E-state index is 11.1. The lowest BCUT2D eigenvalue weighted by atomic mass is 9.74. The van der Waals surface area contributed by atoms with E-state index >= 15 is 0 Å². The lowest BCUT2D eigenvalue weighted by Crippen LogP contribution is -2.50. The minimum absolute atomic E-state index is 0.118. The van der Waals surface area contributed by atoms with Crippen LogP contribution in [-0.2, 0) is 4.79 Å². The maximum Gasteiger partial charge on any atom is 0.306 e. The molecular formula is C15H27NO2. The third-order valence-corrected chi connectivity index (χ3v) is 4.92. The summed E-state index contributed by atoms with van der Waals surface area (Å²) in [6, 6.07) is 1.11. The quantitative estimate of drug-likeness (QED) is 0.822. The van der Waals surface area contributed by atoms with Crippen LogP contribution < -0.4 is 0 Å². The third-order valence-electron chi connectivity index (χ3n) is 4.92. The highest BCUT2D eigenvalue weighted by molar-refractivity contribution is 5.70. The van der Waals surface area contributed by atoms with Crippen LogP contribution in [0.25, 0.3) is 0 Å². The molecule has 104 valence electrons. The zero-order valence-electron chi connectivity index (χ0n) is 12.0. The fraction of sp³-hybridized carbons (Fsp3) is 0.933. The summed E-state index contributed by atoms with van der Waals surface area (Å²) in [5.41, 5.74) is 0.465. The average Bonchev–Trinajstić information content (AvgIpc) is 2.27. The van der Waals surface area contributed by atoms with E-state index in [1.54, 1.807) is 0 Å². The van der Waals surface area contributed by atoms with Crippen LogP contribution >= 0.6 is 0 Å². The Morgan fingerprint density at radius 3 is 2.61 bits per heavy atom. The Balaban J connectivity index is 1.96. The molecule has 1 heterocycles. The van der Waals surface area contributed by atoms with Crippen molar-refractivity contribution in [3.63, 3.8) is 0 Å². The van der Waals surface area contributed by atoms with Crippen molar-refractivity contribution in [2.45, 2.75) is 71.4 Å². The Bertz CT molecular complexity index is 314. The lowest BCUT2D eigenvalue weighted by Gasteiger charge is -2.46. The molecule has 0 bridgehead atoms. The number of piperidine rings is 1. The van der Waals surface area contributed by atoms with Gasteiger partial charge in [0, 0.05) is 12.1 Å². The molecule has 3 atom stereocenters. The molecule has 2 rings (SSSR count). The number of aliphatic carboxylic acids is 1. The van der Waals surface area contributed by atoms with Gasteiger partial charge in [-0.15, -0.1) is 0 Å². The number of carboxylic acid groups (broad SMARTS) is 1. The van der Waals surface area contributed by atoms with Crippen LogP contribution in [0.3, 0.4) is 0 Å². The number of hydrogen-bond acceptors (Lipinski definition) is 2. The van der Waals surface area contributed by atoms with Crippen molar-refractivity contribution in [2.24, 2.45) is 11.3 Å². The molecule has 0 aromatic heterocycles. The minimum atomic E-state index is -0.606. The van der Waals surface area contributed by atoms with Crippen molar-refractivity contribution in [1.82, 2.24) is 4.90 Å². The molecule has 1 saturated heterocycles. The number of carboxylic acids is 1. The summed E-state index contributed by atoms with van der Waals surface area (Å²) >= 11 is 0. The highest BCUT2D eigenvalue weighted by atomic mass is 16.4. The van der Waals surface area contributed by atoms with Gasteiger partial charge in [0.2, 0.25) is 0 Å². The fourth-order valence-electron chi connectivity index (χ4n) is 3.90. The second-order valence-electron chi connectivity index (χ2n) is 7.06. The van der Waals surface area contributed by atoms with Crippen molar-refractivity contribution in [2.75, 3.05) is 6.54 Å². The predicted octanol–water partition coefficient (Wildman–Crippen LogP) is 3.14. The van der Waals surface area contributed by atoms with Gasteiger partial charge in [0.15, 0.2) is 0 Å². The Hall–Kier alpha value is -0.570. The molecule has 0 aromatic carbocycles. The fourth-order valence-corrected chi connectivity index (χ4v) is 3.90. The molecule has 0 radical (unpaired) electrons. The lowest BCUT2D eigenvalue weighted by molar-refractivity contribution is -0.144. The highest BCUT2D eigenvalue weighted by Gasteiger charge is 2.37. The topological polar surface area (TPSA) is 40.5 Å². The number of carbonyl (C=O) groups is 1. The summed E-state index contributed by atoms with van der Waals surface area (Å²) in [6.45, 7) is 7.91. The Morgan fingerprint density at radius 1 is 1.33 bits per heavy atom. The third kappa shape index (κ3) is 3.05. The van der Waals surface area contributed by atoms with E-state index in [1.165, 1.54) is 25.7 Å². The van der Waals surface area contributed by atoms with Gasteiger partial charge in [-0.1, -0.05) is 20.3 Å². The minimum Gasteiger partial charge on any atom is -0.481 e. The summed E-state index contributed by atoms with van der Waals surface area (Å²) in [7, 11) is 0. The predicted molar refractivity (Wildman–Crippen MR) is 72.6 cm³/mol. The van der Waals surface area contributed by atoms with E-state index in [2.05, 4.69) is 25.7 Å². The molecule has 1 N–H and O–H groups in total. The molecule has 1 saturated carbocycles. The van der Waals surface area contributed by atoms with E-state index in [9.17, 15) is 4.79 Å². The molecular weight excluding hydrogens is 226 g/mol. The van der Waals surface area contributed by atoms with Crippen molar-refractivity contribution >= 4 is 5.97 Å². The molecule has 0 aromatic rings. The molecule has 3 nitrogen and oxygen atoms in total. The molecule has 3 unspecified atom stereocenters. The summed E-state index contributed by atoms with van der Waals surface area (Å²) in [5.74, 6) is -0.724. The summed E-state index contributed by atoms with van der Waals surface area (Å²) < 4.78 is 0. The van der Waals surface area contributed by atoms with Gasteiger partial charge in [0.1, 0.15) is 0 Å².